The zero-order valence-corrected chi connectivity index (χ0v) is 11.1. The molecule has 0 aliphatic rings. The maximum atomic E-state index is 11.7. The first-order valence-corrected chi connectivity index (χ1v) is 6.36. The highest BCUT2D eigenvalue weighted by Crippen LogP contribution is 2.26. The molecule has 106 valence electrons. The lowest BCUT2D eigenvalue weighted by Crippen LogP contribution is -1.95. The van der Waals surface area contributed by atoms with Crippen LogP contribution in [0, 0.1) is 10.1 Å². The number of aromatic nitrogens is 2. The van der Waals surface area contributed by atoms with E-state index in [0.717, 1.165) is 0 Å². The van der Waals surface area contributed by atoms with Gasteiger partial charge in [-0.1, -0.05) is 6.92 Å². The number of Topliss-reactive ketones (excluding diaryl/α,β-unsaturated/α-hetero) is 1. The maximum Gasteiger partial charge on any atom is 0.433 e. The number of benzene rings is 1. The molecule has 2 heterocycles. The van der Waals surface area contributed by atoms with Crippen molar-refractivity contribution in [2.45, 2.75) is 13.3 Å². The lowest BCUT2D eigenvalue weighted by molar-refractivity contribution is -0.401. The first-order chi connectivity index (χ1) is 10.1. The molecule has 7 heteroatoms. The fraction of sp³-hybridized carbons (Fsp3) is 0.143. The van der Waals surface area contributed by atoms with E-state index < -0.39 is 4.92 Å². The molecular formula is C14H11N3O4. The van der Waals surface area contributed by atoms with Crippen LogP contribution in [0.3, 0.4) is 0 Å². The van der Waals surface area contributed by atoms with Crippen molar-refractivity contribution in [3.63, 3.8) is 0 Å². The number of ketones is 1. The number of nitro groups is 1. The van der Waals surface area contributed by atoms with Gasteiger partial charge in [0.15, 0.2) is 17.4 Å². The van der Waals surface area contributed by atoms with E-state index in [2.05, 4.69) is 9.97 Å². The number of carbonyl (C=O) groups excluding carboxylic acids is 1. The van der Waals surface area contributed by atoms with Crippen LogP contribution in [0.5, 0.6) is 0 Å². The fourth-order valence-corrected chi connectivity index (χ4v) is 2.06. The van der Waals surface area contributed by atoms with Crippen LogP contribution in [0.15, 0.2) is 34.7 Å². The van der Waals surface area contributed by atoms with E-state index >= 15 is 0 Å². The second-order valence-electron chi connectivity index (χ2n) is 4.49. The summed E-state index contributed by atoms with van der Waals surface area (Å²) in [6.07, 6.45) is 0.427. The minimum absolute atomic E-state index is 0.0432. The number of imidazole rings is 1. The van der Waals surface area contributed by atoms with Crippen molar-refractivity contribution >= 4 is 22.7 Å². The number of hydrogen-bond acceptors (Lipinski definition) is 5. The monoisotopic (exact) mass is 285 g/mol. The zero-order valence-electron chi connectivity index (χ0n) is 11.1. The quantitative estimate of drug-likeness (QED) is 0.450. The molecule has 3 rings (SSSR count). The molecule has 0 bridgehead atoms. The number of hydrogen-bond donors (Lipinski definition) is 1. The molecule has 2 aromatic heterocycles. The standard InChI is InChI=1S/C14H11N3O4/c1-2-11(18)8-3-4-9-10(7-8)16-14(15-9)12-5-6-13(21-12)17(19)20/h3-7H,2H2,1H3,(H,15,16). The molecule has 0 saturated carbocycles. The summed E-state index contributed by atoms with van der Waals surface area (Å²) in [7, 11) is 0. The lowest BCUT2D eigenvalue weighted by Gasteiger charge is -1.96. The number of fused-ring (bicyclic) bond motifs is 1. The zero-order chi connectivity index (χ0) is 15.0. The molecule has 0 aliphatic carbocycles. The fourth-order valence-electron chi connectivity index (χ4n) is 2.06. The highest BCUT2D eigenvalue weighted by molar-refractivity contribution is 5.98. The van der Waals surface area contributed by atoms with E-state index in [1.807, 2.05) is 0 Å². The van der Waals surface area contributed by atoms with Gasteiger partial charge in [0.05, 0.1) is 17.1 Å². The summed E-state index contributed by atoms with van der Waals surface area (Å²) in [4.78, 5) is 29.0. The molecule has 0 saturated heterocycles. The number of rotatable bonds is 4. The molecule has 1 N–H and O–H groups in total. The largest absolute Gasteiger partial charge is 0.433 e. The summed E-state index contributed by atoms with van der Waals surface area (Å²) >= 11 is 0. The number of aromatic amines is 1. The summed E-state index contributed by atoms with van der Waals surface area (Å²) in [6.45, 7) is 1.80. The predicted octanol–water partition coefficient (Wildman–Crippen LogP) is 3.32. The van der Waals surface area contributed by atoms with Crippen LogP contribution < -0.4 is 0 Å². The first kappa shape index (κ1) is 13.0. The van der Waals surface area contributed by atoms with Gasteiger partial charge in [0.25, 0.3) is 0 Å². The van der Waals surface area contributed by atoms with Crippen molar-refractivity contribution in [3.05, 3.63) is 46.0 Å². The Morgan fingerprint density at radius 2 is 2.19 bits per heavy atom. The van der Waals surface area contributed by atoms with Crippen molar-refractivity contribution in [1.29, 1.82) is 0 Å². The summed E-state index contributed by atoms with van der Waals surface area (Å²) < 4.78 is 5.10. The average molecular weight is 285 g/mol. The highest BCUT2D eigenvalue weighted by atomic mass is 16.6. The molecule has 7 nitrogen and oxygen atoms in total. The molecule has 0 unspecified atom stereocenters. The highest BCUT2D eigenvalue weighted by Gasteiger charge is 2.16. The average Bonchev–Trinajstić information content (AvgIpc) is 3.11. The first-order valence-electron chi connectivity index (χ1n) is 6.36. The van der Waals surface area contributed by atoms with Gasteiger partial charge in [0, 0.05) is 12.0 Å². The smallest absolute Gasteiger partial charge is 0.397 e. The normalized spacial score (nSPS) is 10.9. The second kappa shape index (κ2) is 4.86. The van der Waals surface area contributed by atoms with Gasteiger partial charge in [0.1, 0.15) is 4.92 Å². The Morgan fingerprint density at radius 3 is 2.86 bits per heavy atom. The van der Waals surface area contributed by atoms with Crippen molar-refractivity contribution in [2.24, 2.45) is 0 Å². The van der Waals surface area contributed by atoms with E-state index in [1.54, 1.807) is 25.1 Å². The van der Waals surface area contributed by atoms with Crippen LogP contribution in [0.1, 0.15) is 23.7 Å². The second-order valence-corrected chi connectivity index (χ2v) is 4.49. The Morgan fingerprint density at radius 1 is 1.38 bits per heavy atom. The molecule has 3 aromatic rings. The third-order valence-electron chi connectivity index (χ3n) is 3.13. The van der Waals surface area contributed by atoms with Crippen LogP contribution in [-0.4, -0.2) is 20.7 Å². The number of nitrogens with zero attached hydrogens (tertiary/aromatic N) is 2. The lowest BCUT2D eigenvalue weighted by atomic mass is 10.1. The molecule has 0 spiro atoms. The SMILES string of the molecule is CCC(=O)c1ccc2nc(-c3ccc([N+](=O)[O-])o3)[nH]c2c1. The van der Waals surface area contributed by atoms with E-state index in [0.29, 0.717) is 28.8 Å². The number of carbonyl (C=O) groups is 1. The van der Waals surface area contributed by atoms with Gasteiger partial charge >= 0.3 is 5.88 Å². The summed E-state index contributed by atoms with van der Waals surface area (Å²) in [6, 6.07) is 7.91. The van der Waals surface area contributed by atoms with Crippen molar-refractivity contribution in [1.82, 2.24) is 9.97 Å². The van der Waals surface area contributed by atoms with Crippen LogP contribution in [0.25, 0.3) is 22.6 Å². The van der Waals surface area contributed by atoms with Gasteiger partial charge in [-0.3, -0.25) is 14.9 Å². The Balaban J connectivity index is 2.03. The summed E-state index contributed by atoms with van der Waals surface area (Å²) in [5, 5.41) is 10.6. The predicted molar refractivity (Wildman–Crippen MR) is 75.1 cm³/mol. The molecular weight excluding hydrogens is 274 g/mol. The number of furan rings is 1. The Hall–Kier alpha value is -2.96. The molecule has 1 aromatic carbocycles. The van der Waals surface area contributed by atoms with E-state index in [9.17, 15) is 14.9 Å². The molecule has 0 radical (unpaired) electrons. The molecule has 0 aliphatic heterocycles. The van der Waals surface area contributed by atoms with Crippen LogP contribution >= 0.6 is 0 Å². The molecule has 0 fully saturated rings. The minimum Gasteiger partial charge on any atom is -0.397 e. The topological polar surface area (TPSA) is 102 Å². The van der Waals surface area contributed by atoms with E-state index in [4.69, 9.17) is 4.42 Å². The summed E-state index contributed by atoms with van der Waals surface area (Å²) in [5.41, 5.74) is 1.95. The van der Waals surface area contributed by atoms with Crippen LogP contribution in [-0.2, 0) is 0 Å². The Kier molecular flexibility index (Phi) is 3.02. The Bertz CT molecular complexity index is 847. The van der Waals surface area contributed by atoms with Crippen molar-refractivity contribution in [3.8, 4) is 11.6 Å². The molecule has 0 atom stereocenters. The summed E-state index contributed by atoms with van der Waals surface area (Å²) in [5.74, 6) is 0.370. The van der Waals surface area contributed by atoms with Gasteiger partial charge in [-0.25, -0.2) is 4.98 Å². The maximum absolute atomic E-state index is 11.7. The Labute approximate surface area is 118 Å². The molecule has 21 heavy (non-hydrogen) atoms. The van der Waals surface area contributed by atoms with E-state index in [-0.39, 0.29) is 17.4 Å². The van der Waals surface area contributed by atoms with Gasteiger partial charge in [0.2, 0.25) is 0 Å². The van der Waals surface area contributed by atoms with Crippen molar-refractivity contribution in [2.75, 3.05) is 0 Å². The third kappa shape index (κ3) is 2.29. The van der Waals surface area contributed by atoms with Crippen molar-refractivity contribution < 1.29 is 14.1 Å². The van der Waals surface area contributed by atoms with Gasteiger partial charge in [-0.15, -0.1) is 0 Å². The van der Waals surface area contributed by atoms with Gasteiger partial charge in [-0.05, 0) is 24.3 Å². The van der Waals surface area contributed by atoms with Gasteiger partial charge < -0.3 is 9.40 Å². The number of H-pyrrole nitrogens is 1. The minimum atomic E-state index is -0.607. The van der Waals surface area contributed by atoms with Crippen LogP contribution in [0.2, 0.25) is 0 Å². The van der Waals surface area contributed by atoms with Crippen LogP contribution in [0.4, 0.5) is 5.88 Å². The number of nitrogens with one attached hydrogen (secondary N) is 1. The molecule has 0 amide bonds. The third-order valence-corrected chi connectivity index (χ3v) is 3.13. The van der Waals surface area contributed by atoms with Gasteiger partial charge in [-0.2, -0.15) is 0 Å². The van der Waals surface area contributed by atoms with E-state index in [1.165, 1.54) is 12.1 Å².